The normalized spacial score (nSPS) is 14.6. The van der Waals surface area contributed by atoms with Gasteiger partial charge in [0.25, 0.3) is 11.8 Å². The number of rotatable bonds is 6. The van der Waals surface area contributed by atoms with Gasteiger partial charge in [-0.15, -0.1) is 0 Å². The number of para-hydroxylation sites is 1. The first-order valence-corrected chi connectivity index (χ1v) is 11.6. The van der Waals surface area contributed by atoms with Crippen LogP contribution in [0.15, 0.2) is 47.4 Å². The molecule has 1 aliphatic rings. The third kappa shape index (κ3) is 4.86. The van der Waals surface area contributed by atoms with Crippen molar-refractivity contribution in [2.75, 3.05) is 47.4 Å². The van der Waals surface area contributed by atoms with Crippen molar-refractivity contribution in [2.24, 2.45) is 0 Å². The van der Waals surface area contributed by atoms with E-state index < -0.39 is 10.0 Å². The van der Waals surface area contributed by atoms with Crippen molar-refractivity contribution in [3.8, 4) is 11.5 Å². The smallest absolute Gasteiger partial charge is 0.257 e. The molecule has 0 saturated carbocycles. The largest absolute Gasteiger partial charge is 0.496 e. The molecule has 0 unspecified atom stereocenters. The molecule has 0 atom stereocenters. The molecule has 2 aromatic rings. The second kappa shape index (κ2) is 10.0. The Balaban J connectivity index is 1.78. The van der Waals surface area contributed by atoms with Crippen molar-refractivity contribution < 1.29 is 27.5 Å². The second-order valence-corrected chi connectivity index (χ2v) is 9.07. The molecule has 2 amide bonds. The van der Waals surface area contributed by atoms with Gasteiger partial charge >= 0.3 is 0 Å². The summed E-state index contributed by atoms with van der Waals surface area (Å²) in [6.45, 7) is 1.65. The molecular weight excluding hydrogens is 434 g/mol. The molecule has 2 aromatic carbocycles. The molecule has 0 aromatic heterocycles. The minimum Gasteiger partial charge on any atom is -0.496 e. The van der Waals surface area contributed by atoms with Gasteiger partial charge in [0.2, 0.25) is 10.0 Å². The Labute approximate surface area is 188 Å². The van der Waals surface area contributed by atoms with E-state index in [4.69, 9.17) is 9.47 Å². The number of ether oxygens (including phenoxy) is 2. The third-order valence-corrected chi connectivity index (χ3v) is 6.81. The van der Waals surface area contributed by atoms with Gasteiger partial charge in [0.1, 0.15) is 16.4 Å². The van der Waals surface area contributed by atoms with Gasteiger partial charge in [0.15, 0.2) is 0 Å². The van der Waals surface area contributed by atoms with Gasteiger partial charge in [-0.25, -0.2) is 13.1 Å². The zero-order valence-electron chi connectivity index (χ0n) is 18.3. The van der Waals surface area contributed by atoms with Crippen molar-refractivity contribution in [3.05, 3.63) is 53.6 Å². The number of benzene rings is 2. The van der Waals surface area contributed by atoms with Crippen LogP contribution in [0, 0.1) is 0 Å². The monoisotopic (exact) mass is 461 g/mol. The van der Waals surface area contributed by atoms with Crippen LogP contribution in [0.3, 0.4) is 0 Å². The number of amides is 2. The molecular formula is C22H27N3O6S. The number of nitrogens with zero attached hydrogens (tertiary/aromatic N) is 2. The maximum atomic E-state index is 13.1. The van der Waals surface area contributed by atoms with E-state index in [1.165, 1.54) is 33.4 Å². The Kier molecular flexibility index (Phi) is 7.37. The highest BCUT2D eigenvalue weighted by Crippen LogP contribution is 2.26. The first kappa shape index (κ1) is 23.6. The lowest BCUT2D eigenvalue weighted by molar-refractivity contribution is 0.0716. The van der Waals surface area contributed by atoms with Gasteiger partial charge in [0.05, 0.1) is 19.8 Å². The number of nitrogens with one attached hydrogen (secondary N) is 1. The fourth-order valence-corrected chi connectivity index (χ4v) is 4.55. The van der Waals surface area contributed by atoms with E-state index >= 15 is 0 Å². The molecule has 3 rings (SSSR count). The number of carbonyl (C=O) groups is 2. The number of sulfonamides is 1. The fourth-order valence-electron chi connectivity index (χ4n) is 3.63. The van der Waals surface area contributed by atoms with Crippen LogP contribution in [0.4, 0.5) is 0 Å². The van der Waals surface area contributed by atoms with E-state index in [0.29, 0.717) is 43.9 Å². The highest BCUT2D eigenvalue weighted by molar-refractivity contribution is 7.89. The van der Waals surface area contributed by atoms with Crippen molar-refractivity contribution in [2.45, 2.75) is 11.3 Å². The minimum atomic E-state index is -3.80. The molecule has 0 aliphatic carbocycles. The zero-order valence-corrected chi connectivity index (χ0v) is 19.1. The quantitative estimate of drug-likeness (QED) is 0.701. The predicted octanol–water partition coefficient (Wildman–Crippen LogP) is 1.60. The molecule has 1 fully saturated rings. The minimum absolute atomic E-state index is 0.101. The standard InChI is InChI=1S/C22H27N3O6S/c1-23-32(28,29)20-15-16(9-10-19(20)31-3)21(26)24-11-6-12-25(14-13-24)22(27)17-7-4-5-8-18(17)30-2/h4-5,7-10,15,23H,6,11-14H2,1-3H3. The zero-order chi connectivity index (χ0) is 23.3. The summed E-state index contributed by atoms with van der Waals surface area (Å²) in [6, 6.07) is 11.4. The number of methoxy groups -OCH3 is 2. The molecule has 1 aliphatic heterocycles. The van der Waals surface area contributed by atoms with Crippen LogP contribution in [0.2, 0.25) is 0 Å². The van der Waals surface area contributed by atoms with Gasteiger partial charge in [-0.1, -0.05) is 12.1 Å². The molecule has 10 heteroatoms. The molecule has 1 N–H and O–H groups in total. The van der Waals surface area contributed by atoms with E-state index in [2.05, 4.69) is 4.72 Å². The van der Waals surface area contributed by atoms with Gasteiger partial charge in [0, 0.05) is 31.7 Å². The number of carbonyl (C=O) groups excluding carboxylic acids is 2. The van der Waals surface area contributed by atoms with Crippen LogP contribution in [0.1, 0.15) is 27.1 Å². The van der Waals surface area contributed by atoms with Crippen LogP contribution >= 0.6 is 0 Å². The molecule has 172 valence electrons. The Morgan fingerprint density at radius 2 is 1.50 bits per heavy atom. The highest BCUT2D eigenvalue weighted by Gasteiger charge is 2.26. The number of hydrogen-bond acceptors (Lipinski definition) is 6. The van der Waals surface area contributed by atoms with Crippen LogP contribution in [0.5, 0.6) is 11.5 Å². The van der Waals surface area contributed by atoms with E-state index in [1.807, 2.05) is 0 Å². The molecule has 0 bridgehead atoms. The lowest BCUT2D eigenvalue weighted by Gasteiger charge is -2.23. The fraction of sp³-hybridized carbons (Fsp3) is 0.364. The van der Waals surface area contributed by atoms with Gasteiger partial charge < -0.3 is 19.3 Å². The summed E-state index contributed by atoms with van der Waals surface area (Å²) in [4.78, 5) is 29.3. The molecule has 0 spiro atoms. The van der Waals surface area contributed by atoms with Crippen LogP contribution in [-0.4, -0.2) is 77.5 Å². The average molecular weight is 462 g/mol. The SMILES string of the molecule is CNS(=O)(=O)c1cc(C(=O)N2CCCN(C(=O)c3ccccc3OC)CC2)ccc1OC. The van der Waals surface area contributed by atoms with Crippen LogP contribution in [-0.2, 0) is 10.0 Å². The Morgan fingerprint density at radius 1 is 0.875 bits per heavy atom. The lowest BCUT2D eigenvalue weighted by atomic mass is 10.1. The summed E-state index contributed by atoms with van der Waals surface area (Å²) in [5.41, 5.74) is 0.718. The maximum Gasteiger partial charge on any atom is 0.257 e. The topological polar surface area (TPSA) is 105 Å². The van der Waals surface area contributed by atoms with Crippen molar-refractivity contribution in [1.29, 1.82) is 0 Å². The van der Waals surface area contributed by atoms with Gasteiger partial charge in [-0.2, -0.15) is 0 Å². The van der Waals surface area contributed by atoms with E-state index in [1.54, 1.807) is 40.1 Å². The van der Waals surface area contributed by atoms with E-state index in [0.717, 1.165) is 0 Å². The summed E-state index contributed by atoms with van der Waals surface area (Å²) in [5.74, 6) is 0.210. The van der Waals surface area contributed by atoms with E-state index in [-0.39, 0.29) is 28.0 Å². The molecule has 9 nitrogen and oxygen atoms in total. The first-order valence-electron chi connectivity index (χ1n) is 10.2. The van der Waals surface area contributed by atoms with E-state index in [9.17, 15) is 18.0 Å². The van der Waals surface area contributed by atoms with Crippen molar-refractivity contribution in [1.82, 2.24) is 14.5 Å². The summed E-state index contributed by atoms with van der Waals surface area (Å²) >= 11 is 0. The second-order valence-electron chi connectivity index (χ2n) is 7.21. The maximum absolute atomic E-state index is 13.1. The molecule has 32 heavy (non-hydrogen) atoms. The van der Waals surface area contributed by atoms with Gasteiger partial charge in [-0.05, 0) is 43.8 Å². The molecule has 1 heterocycles. The average Bonchev–Trinajstić information content (AvgIpc) is 3.09. The van der Waals surface area contributed by atoms with Crippen LogP contribution in [0.25, 0.3) is 0 Å². The summed E-state index contributed by atoms with van der Waals surface area (Å²) in [6.07, 6.45) is 0.602. The third-order valence-electron chi connectivity index (χ3n) is 5.38. The predicted molar refractivity (Wildman–Crippen MR) is 119 cm³/mol. The van der Waals surface area contributed by atoms with Crippen molar-refractivity contribution >= 4 is 21.8 Å². The Morgan fingerprint density at radius 3 is 2.12 bits per heavy atom. The van der Waals surface area contributed by atoms with Gasteiger partial charge in [-0.3, -0.25) is 9.59 Å². The highest BCUT2D eigenvalue weighted by atomic mass is 32.2. The Hall–Kier alpha value is -3.11. The molecule has 0 radical (unpaired) electrons. The first-order chi connectivity index (χ1) is 15.3. The lowest BCUT2D eigenvalue weighted by Crippen LogP contribution is -2.37. The van der Waals surface area contributed by atoms with Crippen molar-refractivity contribution in [3.63, 3.8) is 0 Å². The molecule has 1 saturated heterocycles. The Bertz CT molecular complexity index is 1100. The summed E-state index contributed by atoms with van der Waals surface area (Å²) in [5, 5.41) is 0. The summed E-state index contributed by atoms with van der Waals surface area (Å²) in [7, 11) is 0.383. The van der Waals surface area contributed by atoms with Crippen LogP contribution < -0.4 is 14.2 Å². The number of hydrogen-bond donors (Lipinski definition) is 1. The summed E-state index contributed by atoms with van der Waals surface area (Å²) < 4.78 is 37.3.